The molecular weight excluding hydrogens is 412 g/mol. The van der Waals surface area contributed by atoms with Gasteiger partial charge in [0.2, 0.25) is 5.91 Å². The Labute approximate surface area is 164 Å². The lowest BCUT2D eigenvalue weighted by molar-refractivity contribution is -0.116. The van der Waals surface area contributed by atoms with Crippen molar-refractivity contribution in [2.45, 2.75) is 32.7 Å². The van der Waals surface area contributed by atoms with Gasteiger partial charge in [-0.1, -0.05) is 20.8 Å². The lowest BCUT2D eigenvalue weighted by Crippen LogP contribution is -2.27. The van der Waals surface area contributed by atoms with Crippen LogP contribution in [0.4, 0.5) is 5.82 Å². The van der Waals surface area contributed by atoms with Crippen LogP contribution in [0.5, 0.6) is 0 Å². The van der Waals surface area contributed by atoms with Crippen LogP contribution in [0.3, 0.4) is 0 Å². The van der Waals surface area contributed by atoms with Gasteiger partial charge >= 0.3 is 0 Å². The highest BCUT2D eigenvalue weighted by molar-refractivity contribution is 9.10. The second-order valence-electron chi connectivity index (χ2n) is 6.99. The highest BCUT2D eigenvalue weighted by atomic mass is 79.9. The molecule has 0 aliphatic heterocycles. The lowest BCUT2D eigenvalue weighted by Gasteiger charge is -2.13. The number of nitrogens with zero attached hydrogens (tertiary/aromatic N) is 5. The summed E-state index contributed by atoms with van der Waals surface area (Å²) in [5.41, 5.74) is 0.300. The third-order valence-corrected chi connectivity index (χ3v) is 4.22. The Kier molecular flexibility index (Phi) is 5.22. The number of anilines is 1. The Bertz CT molecular complexity index is 1020. The number of carbonyl (C=O) groups excluding carboxylic acids is 1. The third kappa shape index (κ3) is 4.48. The first-order valence-electron chi connectivity index (χ1n) is 8.28. The Morgan fingerprint density at radius 3 is 2.59 bits per heavy atom. The minimum absolute atomic E-state index is 0.121. The Balaban J connectivity index is 1.91. The number of amides is 1. The van der Waals surface area contributed by atoms with Crippen LogP contribution in [0, 0.1) is 0 Å². The quantitative estimate of drug-likeness (QED) is 0.685. The van der Waals surface area contributed by atoms with E-state index in [0.717, 1.165) is 5.69 Å². The summed E-state index contributed by atoms with van der Waals surface area (Å²) < 4.78 is 3.53. The molecule has 8 nitrogen and oxygen atoms in total. The first-order chi connectivity index (χ1) is 12.7. The molecule has 0 saturated carbocycles. The maximum Gasteiger partial charge on any atom is 0.252 e. The van der Waals surface area contributed by atoms with Gasteiger partial charge in [-0.15, -0.1) is 0 Å². The monoisotopic (exact) mass is 430 g/mol. The molecule has 0 fully saturated rings. The zero-order valence-electron chi connectivity index (χ0n) is 15.2. The SMILES string of the molecule is CC(C)(C)c1cc(NC(=O)Cn2cc(Br)ccc2=O)n(-c2ncccn2)n1. The molecule has 27 heavy (non-hydrogen) atoms. The minimum atomic E-state index is -0.354. The number of carbonyl (C=O) groups is 1. The van der Waals surface area contributed by atoms with E-state index in [1.807, 2.05) is 20.8 Å². The maximum atomic E-state index is 12.5. The standard InChI is InChI=1S/C18H19BrN6O2/c1-18(2,3)13-9-14(25(23-13)17-20-7-4-8-21-17)22-15(26)11-24-10-12(19)5-6-16(24)27/h4-10H,11H2,1-3H3,(H,22,26). The van der Waals surface area contributed by atoms with E-state index in [4.69, 9.17) is 0 Å². The Morgan fingerprint density at radius 2 is 1.93 bits per heavy atom. The molecule has 1 N–H and O–H groups in total. The molecule has 9 heteroatoms. The maximum absolute atomic E-state index is 12.5. The Hall–Kier alpha value is -2.81. The molecule has 0 aliphatic rings. The molecule has 3 rings (SSSR count). The summed E-state index contributed by atoms with van der Waals surface area (Å²) in [5.74, 6) is 0.440. The summed E-state index contributed by atoms with van der Waals surface area (Å²) >= 11 is 3.30. The van der Waals surface area contributed by atoms with Gasteiger partial charge in [0, 0.05) is 40.6 Å². The summed E-state index contributed by atoms with van der Waals surface area (Å²) in [7, 11) is 0. The molecule has 3 aromatic rings. The number of hydrogen-bond donors (Lipinski definition) is 1. The fraction of sp³-hybridized carbons (Fsp3) is 0.278. The molecular formula is C18H19BrN6O2. The topological polar surface area (TPSA) is 94.7 Å². The molecule has 0 aliphatic carbocycles. The van der Waals surface area contributed by atoms with Crippen molar-refractivity contribution >= 4 is 27.7 Å². The van der Waals surface area contributed by atoms with Crippen LogP contribution in [0.1, 0.15) is 26.5 Å². The largest absolute Gasteiger partial charge is 0.309 e. The lowest BCUT2D eigenvalue weighted by atomic mass is 9.92. The van der Waals surface area contributed by atoms with Crippen LogP contribution in [-0.2, 0) is 16.8 Å². The van der Waals surface area contributed by atoms with Gasteiger partial charge < -0.3 is 9.88 Å². The smallest absolute Gasteiger partial charge is 0.252 e. The molecule has 140 valence electrons. The Morgan fingerprint density at radius 1 is 1.22 bits per heavy atom. The second kappa shape index (κ2) is 7.43. The van der Waals surface area contributed by atoms with E-state index in [2.05, 4.69) is 36.3 Å². The van der Waals surface area contributed by atoms with E-state index in [0.29, 0.717) is 16.2 Å². The normalized spacial score (nSPS) is 11.4. The third-order valence-electron chi connectivity index (χ3n) is 3.75. The van der Waals surface area contributed by atoms with Gasteiger partial charge in [-0.3, -0.25) is 9.59 Å². The van der Waals surface area contributed by atoms with Gasteiger partial charge in [0.05, 0.1) is 5.69 Å². The van der Waals surface area contributed by atoms with Crippen LogP contribution in [0.15, 0.2) is 52.1 Å². The van der Waals surface area contributed by atoms with Gasteiger partial charge in [-0.2, -0.15) is 9.78 Å². The van der Waals surface area contributed by atoms with E-state index in [9.17, 15) is 9.59 Å². The number of rotatable bonds is 4. The van der Waals surface area contributed by atoms with E-state index in [-0.39, 0.29) is 23.4 Å². The molecule has 0 aromatic carbocycles. The number of halogens is 1. The number of aromatic nitrogens is 5. The average molecular weight is 431 g/mol. The van der Waals surface area contributed by atoms with Crippen LogP contribution in [0.25, 0.3) is 5.95 Å². The minimum Gasteiger partial charge on any atom is -0.309 e. The molecule has 0 spiro atoms. The van der Waals surface area contributed by atoms with E-state index in [1.165, 1.54) is 15.3 Å². The second-order valence-corrected chi connectivity index (χ2v) is 7.90. The van der Waals surface area contributed by atoms with Crippen molar-refractivity contribution in [3.63, 3.8) is 0 Å². The molecule has 1 amide bonds. The molecule has 3 aromatic heterocycles. The predicted octanol–water partition coefficient (Wildman–Crippen LogP) is 2.52. The van der Waals surface area contributed by atoms with Gasteiger partial charge in [0.1, 0.15) is 12.4 Å². The van der Waals surface area contributed by atoms with Crippen LogP contribution in [-0.4, -0.2) is 30.2 Å². The van der Waals surface area contributed by atoms with Gasteiger partial charge in [-0.05, 0) is 28.1 Å². The first-order valence-corrected chi connectivity index (χ1v) is 9.07. The number of pyridine rings is 1. The van der Waals surface area contributed by atoms with Crippen molar-refractivity contribution in [3.05, 3.63) is 63.4 Å². The first kappa shape index (κ1) is 19.0. The fourth-order valence-corrected chi connectivity index (χ4v) is 2.73. The molecule has 0 radical (unpaired) electrons. The molecule has 0 saturated heterocycles. The van der Waals surface area contributed by atoms with Crippen molar-refractivity contribution in [1.29, 1.82) is 0 Å². The summed E-state index contributed by atoms with van der Waals surface area (Å²) in [4.78, 5) is 32.8. The van der Waals surface area contributed by atoms with Crippen molar-refractivity contribution < 1.29 is 4.79 Å². The average Bonchev–Trinajstić information content (AvgIpc) is 3.03. The summed E-state index contributed by atoms with van der Waals surface area (Å²) in [6.07, 6.45) is 4.78. The van der Waals surface area contributed by atoms with E-state index >= 15 is 0 Å². The zero-order valence-corrected chi connectivity index (χ0v) is 16.8. The van der Waals surface area contributed by atoms with Crippen LogP contribution < -0.4 is 10.9 Å². The van der Waals surface area contributed by atoms with Gasteiger partial charge in [0.15, 0.2) is 0 Å². The summed E-state index contributed by atoms with van der Waals surface area (Å²) in [6.45, 7) is 5.96. The van der Waals surface area contributed by atoms with Crippen molar-refractivity contribution in [2.75, 3.05) is 5.32 Å². The van der Waals surface area contributed by atoms with E-state index in [1.54, 1.807) is 36.8 Å². The zero-order chi connectivity index (χ0) is 19.6. The van der Waals surface area contributed by atoms with E-state index < -0.39 is 0 Å². The van der Waals surface area contributed by atoms with Crippen LogP contribution >= 0.6 is 15.9 Å². The van der Waals surface area contributed by atoms with Crippen molar-refractivity contribution in [3.8, 4) is 5.95 Å². The molecule has 0 unspecified atom stereocenters. The molecule has 0 bridgehead atoms. The summed E-state index contributed by atoms with van der Waals surface area (Å²) in [6, 6.07) is 6.53. The fourth-order valence-electron chi connectivity index (χ4n) is 2.35. The van der Waals surface area contributed by atoms with Crippen LogP contribution in [0.2, 0.25) is 0 Å². The molecule has 3 heterocycles. The number of nitrogens with one attached hydrogen (secondary N) is 1. The number of hydrogen-bond acceptors (Lipinski definition) is 5. The predicted molar refractivity (Wildman–Crippen MR) is 105 cm³/mol. The molecule has 0 atom stereocenters. The van der Waals surface area contributed by atoms with Crippen molar-refractivity contribution in [1.82, 2.24) is 24.3 Å². The highest BCUT2D eigenvalue weighted by Gasteiger charge is 2.22. The highest BCUT2D eigenvalue weighted by Crippen LogP contribution is 2.25. The summed E-state index contributed by atoms with van der Waals surface area (Å²) in [5, 5.41) is 7.35. The van der Waals surface area contributed by atoms with Gasteiger partial charge in [0.25, 0.3) is 11.5 Å². The van der Waals surface area contributed by atoms with Gasteiger partial charge in [-0.25, -0.2) is 9.97 Å². The van der Waals surface area contributed by atoms with Crippen molar-refractivity contribution in [2.24, 2.45) is 0 Å².